The van der Waals surface area contributed by atoms with E-state index in [0.717, 1.165) is 28.9 Å². The van der Waals surface area contributed by atoms with Crippen molar-refractivity contribution in [1.29, 1.82) is 0 Å². The van der Waals surface area contributed by atoms with E-state index in [1.807, 2.05) is 18.2 Å². The molecule has 5 rings (SSSR count). The molecule has 27 heavy (non-hydrogen) atoms. The standard InChI is InChI=1S/C16H13BrN2O3.C4H8O/c1-19-10-5-3-4-9(17)13(10)16(15(19)20)8-22-11-6-7-12(21-2)18-14(11)16;1-2-4-5-3-1/h3-7H,8H2,1-2H3;1-4H2. The average molecular weight is 433 g/mol. The van der Waals surface area contributed by atoms with Crippen LogP contribution in [0.2, 0.25) is 0 Å². The second-order valence-electron chi connectivity index (χ2n) is 6.71. The van der Waals surface area contributed by atoms with Crippen molar-refractivity contribution in [3.8, 4) is 11.6 Å². The van der Waals surface area contributed by atoms with Crippen LogP contribution in [0, 0.1) is 0 Å². The number of hydrogen-bond donors (Lipinski definition) is 0. The molecule has 1 spiro atoms. The van der Waals surface area contributed by atoms with Gasteiger partial charge >= 0.3 is 0 Å². The summed E-state index contributed by atoms with van der Waals surface area (Å²) < 4.78 is 16.8. The lowest BCUT2D eigenvalue weighted by Gasteiger charge is -2.21. The largest absolute Gasteiger partial charge is 0.490 e. The molecule has 1 aromatic heterocycles. The van der Waals surface area contributed by atoms with E-state index >= 15 is 0 Å². The van der Waals surface area contributed by atoms with Crippen LogP contribution in [0.4, 0.5) is 5.69 Å². The number of likely N-dealkylation sites (N-methyl/N-ethyl adjacent to an activating group) is 1. The zero-order chi connectivity index (χ0) is 19.0. The van der Waals surface area contributed by atoms with Crippen LogP contribution in [-0.4, -0.2) is 44.9 Å². The molecular formula is C20H21BrN2O4. The summed E-state index contributed by atoms with van der Waals surface area (Å²) in [6.07, 6.45) is 2.56. The van der Waals surface area contributed by atoms with Crippen LogP contribution in [0.3, 0.4) is 0 Å². The molecule has 1 fully saturated rings. The monoisotopic (exact) mass is 432 g/mol. The topological polar surface area (TPSA) is 60.9 Å². The number of aromatic nitrogens is 1. The predicted molar refractivity (Wildman–Crippen MR) is 105 cm³/mol. The lowest BCUT2D eigenvalue weighted by molar-refractivity contribution is -0.121. The van der Waals surface area contributed by atoms with Gasteiger partial charge in [0.25, 0.3) is 0 Å². The second kappa shape index (κ2) is 7.13. The highest BCUT2D eigenvalue weighted by atomic mass is 79.9. The van der Waals surface area contributed by atoms with Gasteiger partial charge in [0.2, 0.25) is 11.8 Å². The van der Waals surface area contributed by atoms with Gasteiger partial charge in [-0.25, -0.2) is 4.98 Å². The Morgan fingerprint density at radius 1 is 1.22 bits per heavy atom. The average Bonchev–Trinajstić information content (AvgIpc) is 3.42. The number of ether oxygens (including phenoxy) is 3. The maximum absolute atomic E-state index is 13.0. The molecule has 1 atom stereocenters. The summed E-state index contributed by atoms with van der Waals surface area (Å²) in [6, 6.07) is 9.33. The second-order valence-corrected chi connectivity index (χ2v) is 7.57. The fourth-order valence-corrected chi connectivity index (χ4v) is 4.49. The van der Waals surface area contributed by atoms with Crippen LogP contribution in [0.25, 0.3) is 0 Å². The first-order valence-electron chi connectivity index (χ1n) is 8.93. The molecule has 3 aliphatic heterocycles. The van der Waals surface area contributed by atoms with Crippen molar-refractivity contribution < 1.29 is 19.0 Å². The fraction of sp³-hybridized carbons (Fsp3) is 0.400. The molecule has 0 radical (unpaired) electrons. The molecule has 0 N–H and O–H groups in total. The number of methoxy groups -OCH3 is 1. The minimum atomic E-state index is -0.909. The van der Waals surface area contributed by atoms with Crippen molar-refractivity contribution in [2.45, 2.75) is 18.3 Å². The maximum Gasteiger partial charge on any atom is 0.247 e. The molecule has 142 valence electrons. The highest BCUT2D eigenvalue weighted by Gasteiger charge is 2.58. The van der Waals surface area contributed by atoms with Crippen LogP contribution in [-0.2, 0) is 14.9 Å². The minimum absolute atomic E-state index is 0.0334. The third-order valence-corrected chi connectivity index (χ3v) is 5.83. The molecule has 0 bridgehead atoms. The van der Waals surface area contributed by atoms with Crippen LogP contribution >= 0.6 is 15.9 Å². The number of pyridine rings is 1. The number of benzene rings is 1. The molecule has 4 heterocycles. The number of anilines is 1. The maximum atomic E-state index is 13.0. The fourth-order valence-electron chi connectivity index (χ4n) is 3.80. The summed E-state index contributed by atoms with van der Waals surface area (Å²) >= 11 is 3.58. The van der Waals surface area contributed by atoms with Gasteiger partial charge in [-0.05, 0) is 31.0 Å². The van der Waals surface area contributed by atoms with E-state index in [1.54, 1.807) is 31.2 Å². The van der Waals surface area contributed by atoms with Gasteiger partial charge in [0, 0.05) is 42.1 Å². The Balaban J connectivity index is 0.000000314. The molecule has 1 saturated heterocycles. The number of fused-ring (bicyclic) bond motifs is 4. The van der Waals surface area contributed by atoms with Gasteiger partial charge in [-0.2, -0.15) is 0 Å². The van der Waals surface area contributed by atoms with Gasteiger partial charge < -0.3 is 19.1 Å². The van der Waals surface area contributed by atoms with Gasteiger partial charge in [0.05, 0.1) is 7.11 Å². The molecule has 3 aliphatic rings. The van der Waals surface area contributed by atoms with Crippen LogP contribution in [0.1, 0.15) is 24.1 Å². The number of nitrogens with zero attached hydrogens (tertiary/aromatic N) is 2. The van der Waals surface area contributed by atoms with E-state index in [0.29, 0.717) is 17.3 Å². The Bertz CT molecular complexity index is 877. The van der Waals surface area contributed by atoms with Gasteiger partial charge in [-0.3, -0.25) is 4.79 Å². The Hall–Kier alpha value is -2.12. The predicted octanol–water partition coefficient (Wildman–Crippen LogP) is 3.30. The number of amides is 1. The van der Waals surface area contributed by atoms with Gasteiger partial charge in [0.15, 0.2) is 5.41 Å². The molecule has 7 heteroatoms. The van der Waals surface area contributed by atoms with Crippen molar-refractivity contribution in [2.24, 2.45) is 0 Å². The van der Waals surface area contributed by atoms with Crippen molar-refractivity contribution in [3.63, 3.8) is 0 Å². The van der Waals surface area contributed by atoms with Gasteiger partial charge in [-0.1, -0.05) is 22.0 Å². The third kappa shape index (κ3) is 2.80. The van der Waals surface area contributed by atoms with Crippen molar-refractivity contribution >= 4 is 27.5 Å². The first kappa shape index (κ1) is 18.3. The molecular weight excluding hydrogens is 412 g/mol. The van der Waals surface area contributed by atoms with Crippen molar-refractivity contribution in [3.05, 3.63) is 46.1 Å². The SMILES string of the molecule is C1CCOC1.COc1ccc2c(n1)C1(CO2)C(=O)N(C)c2cccc(Br)c21. The number of carbonyl (C=O) groups is 1. The van der Waals surface area contributed by atoms with E-state index in [2.05, 4.69) is 20.9 Å². The first-order valence-corrected chi connectivity index (χ1v) is 9.72. The number of hydrogen-bond acceptors (Lipinski definition) is 5. The Morgan fingerprint density at radius 2 is 2.00 bits per heavy atom. The molecule has 2 aromatic rings. The summed E-state index contributed by atoms with van der Waals surface area (Å²) in [5, 5.41) is 0. The Morgan fingerprint density at radius 3 is 2.67 bits per heavy atom. The highest BCUT2D eigenvalue weighted by Crippen LogP contribution is 2.53. The quantitative estimate of drug-likeness (QED) is 0.691. The van der Waals surface area contributed by atoms with E-state index in [-0.39, 0.29) is 12.5 Å². The van der Waals surface area contributed by atoms with E-state index in [9.17, 15) is 4.79 Å². The van der Waals surface area contributed by atoms with Gasteiger partial charge in [-0.15, -0.1) is 0 Å². The van der Waals surface area contributed by atoms with Gasteiger partial charge in [0.1, 0.15) is 18.1 Å². The van der Waals surface area contributed by atoms with Crippen LogP contribution in [0.15, 0.2) is 34.8 Å². The molecule has 1 amide bonds. The number of carbonyl (C=O) groups excluding carboxylic acids is 1. The third-order valence-electron chi connectivity index (χ3n) is 5.17. The Kier molecular flexibility index (Phi) is 4.82. The zero-order valence-electron chi connectivity index (χ0n) is 15.3. The Labute approximate surface area is 166 Å². The van der Waals surface area contributed by atoms with E-state index in [4.69, 9.17) is 14.2 Å². The molecule has 1 unspecified atom stereocenters. The summed E-state index contributed by atoms with van der Waals surface area (Å²) in [7, 11) is 3.34. The van der Waals surface area contributed by atoms with Crippen molar-refractivity contribution in [1.82, 2.24) is 4.98 Å². The number of rotatable bonds is 1. The first-order chi connectivity index (χ1) is 13.1. The lowest BCUT2D eigenvalue weighted by Crippen LogP contribution is -2.41. The molecule has 6 nitrogen and oxygen atoms in total. The highest BCUT2D eigenvalue weighted by molar-refractivity contribution is 9.10. The summed E-state index contributed by atoms with van der Waals surface area (Å²) in [6.45, 7) is 2.25. The van der Waals surface area contributed by atoms with E-state index < -0.39 is 5.41 Å². The minimum Gasteiger partial charge on any atom is -0.490 e. The molecule has 0 saturated carbocycles. The summed E-state index contributed by atoms with van der Waals surface area (Å²) in [5.74, 6) is 1.07. The normalized spacial score (nSPS) is 22.2. The smallest absolute Gasteiger partial charge is 0.247 e. The lowest BCUT2D eigenvalue weighted by atomic mass is 9.80. The number of halogens is 1. The molecule has 1 aromatic carbocycles. The summed E-state index contributed by atoms with van der Waals surface area (Å²) in [4.78, 5) is 19.2. The molecule has 0 aliphatic carbocycles. The van der Waals surface area contributed by atoms with Crippen LogP contribution in [0.5, 0.6) is 11.6 Å². The van der Waals surface area contributed by atoms with E-state index in [1.165, 1.54) is 12.8 Å². The van der Waals surface area contributed by atoms with Crippen LogP contribution < -0.4 is 14.4 Å². The summed E-state index contributed by atoms with van der Waals surface area (Å²) in [5.41, 5.74) is 1.49. The zero-order valence-corrected chi connectivity index (χ0v) is 16.9. The van der Waals surface area contributed by atoms with Crippen molar-refractivity contribution in [2.75, 3.05) is 38.9 Å².